The first-order valence-electron chi connectivity index (χ1n) is 7.89. The van der Waals surface area contributed by atoms with Gasteiger partial charge in [0.1, 0.15) is 11.9 Å². The number of hydrogen-bond acceptors (Lipinski definition) is 2. The van der Waals surface area contributed by atoms with E-state index in [2.05, 4.69) is 6.92 Å². The Kier molecular flexibility index (Phi) is 4.06. The van der Waals surface area contributed by atoms with E-state index in [0.29, 0.717) is 6.42 Å². The van der Waals surface area contributed by atoms with Crippen molar-refractivity contribution in [3.05, 3.63) is 29.3 Å². The molecule has 3 heteroatoms. The van der Waals surface area contributed by atoms with Gasteiger partial charge in [0.15, 0.2) is 5.78 Å². The van der Waals surface area contributed by atoms with E-state index in [1.54, 1.807) is 4.90 Å². The molecule has 0 amide bonds. The van der Waals surface area contributed by atoms with Crippen molar-refractivity contribution in [3.63, 3.8) is 0 Å². The first kappa shape index (κ1) is 13.6. The number of ether oxygens (including phenoxy) is 1. The molecule has 2 aliphatic heterocycles. The Hall–Kier alpha value is -1.35. The summed E-state index contributed by atoms with van der Waals surface area (Å²) in [7, 11) is 0. The van der Waals surface area contributed by atoms with Gasteiger partial charge in [0.05, 0.1) is 26.1 Å². The largest absolute Gasteiger partial charge is 0.490 e. The Morgan fingerprint density at radius 1 is 1.30 bits per heavy atom. The summed E-state index contributed by atoms with van der Waals surface area (Å²) in [5.41, 5.74) is 2.05. The van der Waals surface area contributed by atoms with E-state index in [-0.39, 0.29) is 11.9 Å². The van der Waals surface area contributed by atoms with Gasteiger partial charge in [-0.3, -0.25) is 4.79 Å². The van der Waals surface area contributed by atoms with Crippen LogP contribution in [0.1, 0.15) is 48.5 Å². The van der Waals surface area contributed by atoms with Crippen molar-refractivity contribution in [2.24, 2.45) is 0 Å². The average Bonchev–Trinajstić information content (AvgIpc) is 2.85. The topological polar surface area (TPSA) is 30.7 Å². The van der Waals surface area contributed by atoms with Gasteiger partial charge in [0.2, 0.25) is 0 Å². The number of quaternary nitrogens is 1. The number of piperidine rings is 1. The van der Waals surface area contributed by atoms with Crippen LogP contribution in [-0.2, 0) is 6.42 Å². The SMILES string of the molecule is CC1Cc2cc(C(=O)CC[NH+]3CCCCC3)ccc2O1. The van der Waals surface area contributed by atoms with Gasteiger partial charge in [0.25, 0.3) is 0 Å². The average molecular weight is 274 g/mol. The predicted octanol–water partition coefficient (Wildman–Crippen LogP) is 1.65. The molecular formula is C17H24NO2+. The van der Waals surface area contributed by atoms with Crippen molar-refractivity contribution in [2.75, 3.05) is 19.6 Å². The maximum absolute atomic E-state index is 12.3. The van der Waals surface area contributed by atoms with Gasteiger partial charge in [-0.25, -0.2) is 0 Å². The van der Waals surface area contributed by atoms with E-state index in [4.69, 9.17) is 4.74 Å². The number of fused-ring (bicyclic) bond motifs is 1. The van der Waals surface area contributed by atoms with Crippen LogP contribution >= 0.6 is 0 Å². The molecule has 0 bridgehead atoms. The van der Waals surface area contributed by atoms with Crippen molar-refractivity contribution >= 4 is 5.78 Å². The van der Waals surface area contributed by atoms with Crippen molar-refractivity contribution in [1.29, 1.82) is 0 Å². The van der Waals surface area contributed by atoms with E-state index >= 15 is 0 Å². The van der Waals surface area contributed by atoms with Gasteiger partial charge >= 0.3 is 0 Å². The number of hydrogen-bond donors (Lipinski definition) is 1. The molecule has 1 fully saturated rings. The summed E-state index contributed by atoms with van der Waals surface area (Å²) in [5.74, 6) is 1.24. The van der Waals surface area contributed by atoms with Gasteiger partial charge in [-0.15, -0.1) is 0 Å². The highest BCUT2D eigenvalue weighted by Gasteiger charge is 2.21. The molecule has 1 aromatic carbocycles. The number of carbonyl (C=O) groups excluding carboxylic acids is 1. The van der Waals surface area contributed by atoms with E-state index in [9.17, 15) is 4.79 Å². The van der Waals surface area contributed by atoms with Crippen molar-refractivity contribution in [2.45, 2.75) is 45.1 Å². The Labute approximate surface area is 120 Å². The Morgan fingerprint density at radius 3 is 2.90 bits per heavy atom. The third-order valence-corrected chi connectivity index (χ3v) is 4.48. The maximum atomic E-state index is 12.3. The number of Topliss-reactive ketones (excluding diaryl/α,β-unsaturated/α-hetero) is 1. The fraction of sp³-hybridized carbons (Fsp3) is 0.588. The summed E-state index contributed by atoms with van der Waals surface area (Å²) in [6.45, 7) is 5.54. The minimum Gasteiger partial charge on any atom is -0.490 e. The van der Waals surface area contributed by atoms with Crippen LogP contribution in [0.2, 0.25) is 0 Å². The lowest BCUT2D eigenvalue weighted by atomic mass is 10.0. The molecule has 0 aliphatic carbocycles. The number of rotatable bonds is 4. The number of likely N-dealkylation sites (tertiary alicyclic amines) is 1. The van der Waals surface area contributed by atoms with Crippen molar-refractivity contribution in [1.82, 2.24) is 0 Å². The summed E-state index contributed by atoms with van der Waals surface area (Å²) in [5, 5.41) is 0. The highest BCUT2D eigenvalue weighted by Crippen LogP contribution is 2.29. The van der Waals surface area contributed by atoms with Crippen LogP contribution in [0.5, 0.6) is 5.75 Å². The first-order valence-corrected chi connectivity index (χ1v) is 7.89. The molecular weight excluding hydrogens is 250 g/mol. The molecule has 20 heavy (non-hydrogen) atoms. The highest BCUT2D eigenvalue weighted by atomic mass is 16.5. The lowest BCUT2D eigenvalue weighted by Crippen LogP contribution is -3.12. The second-order valence-electron chi connectivity index (χ2n) is 6.19. The molecule has 2 aliphatic rings. The fourth-order valence-corrected chi connectivity index (χ4v) is 3.33. The van der Waals surface area contributed by atoms with E-state index in [0.717, 1.165) is 24.3 Å². The molecule has 1 atom stereocenters. The molecule has 0 spiro atoms. The molecule has 0 aromatic heterocycles. The lowest BCUT2D eigenvalue weighted by Gasteiger charge is -2.23. The van der Waals surface area contributed by atoms with Crippen LogP contribution in [-0.4, -0.2) is 31.5 Å². The molecule has 2 heterocycles. The fourth-order valence-electron chi connectivity index (χ4n) is 3.33. The molecule has 108 valence electrons. The molecule has 3 rings (SSSR count). The third-order valence-electron chi connectivity index (χ3n) is 4.48. The van der Waals surface area contributed by atoms with Crippen LogP contribution in [0, 0.1) is 0 Å². The molecule has 0 radical (unpaired) electrons. The van der Waals surface area contributed by atoms with Gasteiger partial charge in [-0.05, 0) is 49.9 Å². The normalized spacial score (nSPS) is 22.4. The highest BCUT2D eigenvalue weighted by molar-refractivity contribution is 5.96. The molecule has 1 aromatic rings. The molecule has 1 N–H and O–H groups in total. The number of carbonyl (C=O) groups is 1. The number of ketones is 1. The third kappa shape index (κ3) is 3.04. The van der Waals surface area contributed by atoms with Gasteiger partial charge < -0.3 is 9.64 Å². The monoisotopic (exact) mass is 274 g/mol. The maximum Gasteiger partial charge on any atom is 0.168 e. The minimum absolute atomic E-state index is 0.244. The molecule has 1 saturated heterocycles. The van der Waals surface area contributed by atoms with Crippen LogP contribution in [0.15, 0.2) is 18.2 Å². The smallest absolute Gasteiger partial charge is 0.168 e. The van der Waals surface area contributed by atoms with Gasteiger partial charge in [-0.2, -0.15) is 0 Å². The van der Waals surface area contributed by atoms with Crippen LogP contribution in [0.4, 0.5) is 0 Å². The summed E-state index contributed by atoms with van der Waals surface area (Å²) in [6.07, 6.45) is 5.83. The molecule has 1 unspecified atom stereocenters. The predicted molar refractivity (Wildman–Crippen MR) is 78.6 cm³/mol. The minimum atomic E-state index is 0.244. The van der Waals surface area contributed by atoms with Crippen molar-refractivity contribution in [3.8, 4) is 5.75 Å². The van der Waals surface area contributed by atoms with Crippen LogP contribution in [0.3, 0.4) is 0 Å². The summed E-state index contributed by atoms with van der Waals surface area (Å²) in [4.78, 5) is 13.9. The summed E-state index contributed by atoms with van der Waals surface area (Å²) in [6, 6.07) is 5.91. The zero-order valence-electron chi connectivity index (χ0n) is 12.3. The zero-order chi connectivity index (χ0) is 13.9. The Bertz CT molecular complexity index is 492. The Balaban J connectivity index is 1.58. The zero-order valence-corrected chi connectivity index (χ0v) is 12.3. The van der Waals surface area contributed by atoms with Gasteiger partial charge in [0, 0.05) is 12.0 Å². The van der Waals surface area contributed by atoms with Crippen LogP contribution in [0.25, 0.3) is 0 Å². The summed E-state index contributed by atoms with van der Waals surface area (Å²) >= 11 is 0. The Morgan fingerprint density at radius 2 is 2.10 bits per heavy atom. The van der Waals surface area contributed by atoms with E-state index < -0.39 is 0 Å². The van der Waals surface area contributed by atoms with Crippen molar-refractivity contribution < 1.29 is 14.4 Å². The van der Waals surface area contributed by atoms with Gasteiger partial charge in [-0.1, -0.05) is 0 Å². The standard InChI is InChI=1S/C17H23NO2/c1-13-11-15-12-14(5-6-17(15)20-13)16(19)7-10-18-8-3-2-4-9-18/h5-6,12-13H,2-4,7-11H2,1H3/p+1. The molecule has 0 saturated carbocycles. The number of benzene rings is 1. The lowest BCUT2D eigenvalue weighted by molar-refractivity contribution is -0.904. The van der Waals surface area contributed by atoms with Crippen LogP contribution < -0.4 is 9.64 Å². The quantitative estimate of drug-likeness (QED) is 0.846. The van der Waals surface area contributed by atoms with E-state index in [1.807, 2.05) is 18.2 Å². The summed E-state index contributed by atoms with van der Waals surface area (Å²) < 4.78 is 5.68. The van der Waals surface area contributed by atoms with E-state index in [1.165, 1.54) is 37.9 Å². The first-order chi connectivity index (χ1) is 9.72. The molecule has 3 nitrogen and oxygen atoms in total. The second-order valence-corrected chi connectivity index (χ2v) is 6.19. The second kappa shape index (κ2) is 5.96. The number of nitrogens with one attached hydrogen (secondary N) is 1.